The first kappa shape index (κ1) is 22.0. The lowest BCUT2D eigenvalue weighted by molar-refractivity contribution is -0.140. The molecule has 0 aromatic carbocycles. The zero-order chi connectivity index (χ0) is 20.9. The molecule has 0 radical (unpaired) electrons. The van der Waals surface area contributed by atoms with Gasteiger partial charge in [0.25, 0.3) is 0 Å². The van der Waals surface area contributed by atoms with Gasteiger partial charge in [0.2, 0.25) is 11.8 Å². The second kappa shape index (κ2) is 9.90. The maximum Gasteiger partial charge on any atom is 0.224 e. The number of hydrogen-bond donors (Lipinski definition) is 1. The molecular formula is C22H36N4O3. The largest absolute Gasteiger partial charge is 0.378 e. The molecule has 1 saturated heterocycles. The van der Waals surface area contributed by atoms with Crippen LogP contribution in [0.2, 0.25) is 0 Å². The SMILES string of the molecule is CN(C)C[C@@H]1C[C@]1(C#N)NC(=O)[C@@H](CC(=O)N1CCOCC1)CC1CCCCC1. The molecule has 0 spiro atoms. The van der Waals surface area contributed by atoms with E-state index in [0.717, 1.165) is 25.8 Å². The van der Waals surface area contributed by atoms with Gasteiger partial charge >= 0.3 is 0 Å². The van der Waals surface area contributed by atoms with Crippen molar-refractivity contribution in [2.24, 2.45) is 17.8 Å². The van der Waals surface area contributed by atoms with Gasteiger partial charge in [-0.05, 0) is 32.9 Å². The minimum Gasteiger partial charge on any atom is -0.378 e. The van der Waals surface area contributed by atoms with E-state index in [1.165, 1.54) is 19.3 Å². The van der Waals surface area contributed by atoms with Crippen LogP contribution < -0.4 is 5.32 Å². The van der Waals surface area contributed by atoms with E-state index in [1.54, 1.807) is 0 Å². The Morgan fingerprint density at radius 3 is 2.55 bits per heavy atom. The highest BCUT2D eigenvalue weighted by Crippen LogP contribution is 2.43. The minimum atomic E-state index is -0.756. The molecule has 3 aliphatic rings. The Hall–Kier alpha value is -1.65. The third-order valence-corrected chi connectivity index (χ3v) is 6.73. The van der Waals surface area contributed by atoms with Crippen LogP contribution in [0.25, 0.3) is 0 Å². The molecular weight excluding hydrogens is 368 g/mol. The molecule has 0 aromatic heterocycles. The van der Waals surface area contributed by atoms with Crippen molar-refractivity contribution in [3.05, 3.63) is 0 Å². The summed E-state index contributed by atoms with van der Waals surface area (Å²) in [6.07, 6.45) is 7.66. The van der Waals surface area contributed by atoms with Crippen molar-refractivity contribution in [1.82, 2.24) is 15.1 Å². The van der Waals surface area contributed by atoms with Crippen molar-refractivity contribution in [2.75, 3.05) is 46.9 Å². The molecule has 162 valence electrons. The Balaban J connectivity index is 1.63. The average molecular weight is 405 g/mol. The van der Waals surface area contributed by atoms with Gasteiger partial charge in [-0.3, -0.25) is 9.59 Å². The molecule has 2 amide bonds. The molecule has 2 aliphatic carbocycles. The molecule has 3 rings (SSSR count). The third kappa shape index (κ3) is 5.93. The second-order valence-electron chi connectivity index (χ2n) is 9.37. The molecule has 7 nitrogen and oxygen atoms in total. The van der Waals surface area contributed by atoms with E-state index in [0.29, 0.717) is 38.6 Å². The standard InChI is InChI=1S/C22H36N4O3/c1-25(2)15-19-14-22(19,16-23)24-21(28)18(12-17-6-4-3-5-7-17)13-20(27)26-8-10-29-11-9-26/h17-19H,3-15H2,1-2H3,(H,24,28)/t18-,19+,22-/m1/s1. The van der Waals surface area contributed by atoms with Crippen molar-refractivity contribution < 1.29 is 14.3 Å². The smallest absolute Gasteiger partial charge is 0.224 e. The Kier molecular flexibility index (Phi) is 7.53. The fourth-order valence-electron chi connectivity index (χ4n) is 4.89. The number of morpholine rings is 1. The van der Waals surface area contributed by atoms with Gasteiger partial charge < -0.3 is 19.9 Å². The monoisotopic (exact) mass is 404 g/mol. The van der Waals surface area contributed by atoms with Gasteiger partial charge in [-0.1, -0.05) is 32.1 Å². The lowest BCUT2D eigenvalue weighted by atomic mass is 9.81. The highest BCUT2D eigenvalue weighted by Gasteiger charge is 2.56. The number of nitrogens with zero attached hydrogens (tertiary/aromatic N) is 3. The first-order chi connectivity index (χ1) is 13.9. The first-order valence-corrected chi connectivity index (χ1v) is 11.2. The Morgan fingerprint density at radius 2 is 1.93 bits per heavy atom. The van der Waals surface area contributed by atoms with Crippen LogP contribution in [0.15, 0.2) is 0 Å². The van der Waals surface area contributed by atoms with Gasteiger partial charge in [-0.15, -0.1) is 0 Å². The normalized spacial score (nSPS) is 28.6. The molecule has 0 bridgehead atoms. The van der Waals surface area contributed by atoms with Gasteiger partial charge in [0.15, 0.2) is 0 Å². The zero-order valence-corrected chi connectivity index (χ0v) is 18.0. The van der Waals surface area contributed by atoms with E-state index in [4.69, 9.17) is 4.74 Å². The highest BCUT2D eigenvalue weighted by atomic mass is 16.5. The van der Waals surface area contributed by atoms with Crippen molar-refractivity contribution >= 4 is 11.8 Å². The number of nitrogens with one attached hydrogen (secondary N) is 1. The van der Waals surface area contributed by atoms with Crippen LogP contribution in [0.3, 0.4) is 0 Å². The van der Waals surface area contributed by atoms with Crippen molar-refractivity contribution in [3.63, 3.8) is 0 Å². The molecule has 3 fully saturated rings. The predicted octanol–water partition coefficient (Wildman–Crippen LogP) is 1.78. The number of ether oxygens (including phenoxy) is 1. The summed E-state index contributed by atoms with van der Waals surface area (Å²) in [4.78, 5) is 29.9. The summed E-state index contributed by atoms with van der Waals surface area (Å²) in [7, 11) is 3.96. The first-order valence-electron chi connectivity index (χ1n) is 11.2. The van der Waals surface area contributed by atoms with Crippen molar-refractivity contribution in [2.45, 2.75) is 56.9 Å². The number of hydrogen-bond acceptors (Lipinski definition) is 5. The third-order valence-electron chi connectivity index (χ3n) is 6.73. The molecule has 2 saturated carbocycles. The summed E-state index contributed by atoms with van der Waals surface area (Å²) in [5.74, 6) is 0.249. The zero-order valence-electron chi connectivity index (χ0n) is 18.0. The van der Waals surface area contributed by atoms with Gasteiger partial charge in [-0.25, -0.2) is 0 Å². The molecule has 1 aliphatic heterocycles. The van der Waals surface area contributed by atoms with Crippen LogP contribution >= 0.6 is 0 Å². The summed E-state index contributed by atoms with van der Waals surface area (Å²) >= 11 is 0. The molecule has 0 unspecified atom stereocenters. The summed E-state index contributed by atoms with van der Waals surface area (Å²) in [5.41, 5.74) is -0.756. The van der Waals surface area contributed by atoms with E-state index < -0.39 is 5.54 Å². The van der Waals surface area contributed by atoms with Gasteiger partial charge in [-0.2, -0.15) is 5.26 Å². The maximum atomic E-state index is 13.2. The van der Waals surface area contributed by atoms with E-state index in [2.05, 4.69) is 16.3 Å². The number of amides is 2. The number of carbonyl (C=O) groups excluding carboxylic acids is 2. The van der Waals surface area contributed by atoms with E-state index >= 15 is 0 Å². The summed E-state index contributed by atoms with van der Waals surface area (Å²) in [5, 5.41) is 12.8. The van der Waals surface area contributed by atoms with Gasteiger partial charge in [0, 0.05) is 37.9 Å². The second-order valence-corrected chi connectivity index (χ2v) is 9.37. The fourth-order valence-corrected chi connectivity index (χ4v) is 4.89. The summed E-state index contributed by atoms with van der Waals surface area (Å²) in [6.45, 7) is 3.12. The van der Waals surface area contributed by atoms with Crippen LogP contribution in [-0.4, -0.2) is 74.1 Å². The molecule has 7 heteroatoms. The minimum absolute atomic E-state index is 0.0379. The Morgan fingerprint density at radius 1 is 1.24 bits per heavy atom. The topological polar surface area (TPSA) is 85.7 Å². The molecule has 1 heterocycles. The predicted molar refractivity (Wildman–Crippen MR) is 110 cm³/mol. The van der Waals surface area contributed by atoms with Gasteiger partial charge in [0.05, 0.1) is 19.3 Å². The fraction of sp³-hybridized carbons (Fsp3) is 0.864. The van der Waals surface area contributed by atoms with Crippen LogP contribution in [-0.2, 0) is 14.3 Å². The quantitative estimate of drug-likeness (QED) is 0.667. The summed E-state index contributed by atoms with van der Waals surface area (Å²) in [6, 6.07) is 2.34. The maximum absolute atomic E-state index is 13.2. The molecule has 1 N–H and O–H groups in total. The molecule has 3 atom stereocenters. The Bertz CT molecular complexity index is 620. The number of carbonyl (C=O) groups is 2. The number of nitriles is 1. The highest BCUT2D eigenvalue weighted by molar-refractivity contribution is 5.87. The molecule has 0 aromatic rings. The van der Waals surface area contributed by atoms with E-state index in [9.17, 15) is 14.9 Å². The van der Waals surface area contributed by atoms with Crippen LogP contribution in [0.1, 0.15) is 51.4 Å². The number of rotatable bonds is 8. The van der Waals surface area contributed by atoms with E-state index in [1.807, 2.05) is 19.0 Å². The molecule has 29 heavy (non-hydrogen) atoms. The van der Waals surface area contributed by atoms with Crippen LogP contribution in [0.5, 0.6) is 0 Å². The van der Waals surface area contributed by atoms with Crippen molar-refractivity contribution in [1.29, 1.82) is 5.26 Å². The van der Waals surface area contributed by atoms with Crippen LogP contribution in [0.4, 0.5) is 0 Å². The van der Waals surface area contributed by atoms with Crippen molar-refractivity contribution in [3.8, 4) is 6.07 Å². The summed E-state index contributed by atoms with van der Waals surface area (Å²) < 4.78 is 5.34. The lowest BCUT2D eigenvalue weighted by Crippen LogP contribution is -2.46. The average Bonchev–Trinajstić information content (AvgIpc) is 3.40. The van der Waals surface area contributed by atoms with E-state index in [-0.39, 0.29) is 30.1 Å². The van der Waals surface area contributed by atoms with Gasteiger partial charge in [0.1, 0.15) is 5.54 Å². The van der Waals surface area contributed by atoms with Crippen LogP contribution in [0, 0.1) is 29.1 Å². The lowest BCUT2D eigenvalue weighted by Gasteiger charge is -2.30. The Labute approximate surface area is 174 Å².